The lowest BCUT2D eigenvalue weighted by Gasteiger charge is -1.97. The lowest BCUT2D eigenvalue weighted by molar-refractivity contribution is 0.836. The van der Waals surface area contributed by atoms with Crippen molar-refractivity contribution in [2.24, 2.45) is 0 Å². The normalized spacial score (nSPS) is 11.4. The molecule has 0 aliphatic carbocycles. The number of rotatable bonds is 1. The fraction of sp³-hybridized carbons (Fsp3) is 0.273. The highest BCUT2D eigenvalue weighted by Crippen LogP contribution is 2.26. The minimum absolute atomic E-state index is 0.517. The Morgan fingerprint density at radius 3 is 2.69 bits per heavy atom. The Labute approximate surface area is 82.7 Å². The second-order valence-corrected chi connectivity index (χ2v) is 3.99. The average Bonchev–Trinajstić information content (AvgIpc) is 2.49. The molecule has 68 valence electrons. The van der Waals surface area contributed by atoms with E-state index in [-0.39, 0.29) is 0 Å². The van der Waals surface area contributed by atoms with Crippen LogP contribution in [0.5, 0.6) is 0 Å². The quantitative estimate of drug-likeness (QED) is 0.706. The maximum Gasteiger partial charge on any atom is 0.0499 e. The number of halogens is 1. The van der Waals surface area contributed by atoms with E-state index < -0.39 is 0 Å². The van der Waals surface area contributed by atoms with Crippen molar-refractivity contribution < 1.29 is 0 Å². The van der Waals surface area contributed by atoms with Crippen LogP contribution < -0.4 is 0 Å². The minimum atomic E-state index is 0.517. The second-order valence-electron chi connectivity index (χ2n) is 3.58. The molecule has 0 amide bonds. The van der Waals surface area contributed by atoms with Gasteiger partial charge in [-0.3, -0.25) is 0 Å². The number of aromatic nitrogens is 1. The van der Waals surface area contributed by atoms with Crippen molar-refractivity contribution in [1.82, 2.24) is 4.98 Å². The van der Waals surface area contributed by atoms with Crippen LogP contribution in [0.1, 0.15) is 25.5 Å². The average molecular weight is 194 g/mol. The summed E-state index contributed by atoms with van der Waals surface area (Å²) in [4.78, 5) is 3.35. The van der Waals surface area contributed by atoms with Gasteiger partial charge in [0.1, 0.15) is 0 Å². The molecule has 0 saturated carbocycles. The molecule has 2 heteroatoms. The van der Waals surface area contributed by atoms with Crippen LogP contribution in [0.3, 0.4) is 0 Å². The van der Waals surface area contributed by atoms with Gasteiger partial charge in [-0.25, -0.2) is 0 Å². The van der Waals surface area contributed by atoms with Gasteiger partial charge >= 0.3 is 0 Å². The Hall–Kier alpha value is -0.950. The number of hydrogen-bond acceptors (Lipinski definition) is 0. The summed E-state index contributed by atoms with van der Waals surface area (Å²) in [6.45, 7) is 4.33. The third-order valence-corrected chi connectivity index (χ3v) is 2.58. The molecule has 0 aliphatic rings. The zero-order valence-corrected chi connectivity index (χ0v) is 8.52. The highest BCUT2D eigenvalue weighted by molar-refractivity contribution is 6.35. The minimum Gasteiger partial charge on any atom is -0.358 e. The van der Waals surface area contributed by atoms with Gasteiger partial charge < -0.3 is 4.98 Å². The van der Waals surface area contributed by atoms with Crippen molar-refractivity contribution in [2.75, 3.05) is 0 Å². The number of fused-ring (bicyclic) bond motifs is 1. The van der Waals surface area contributed by atoms with E-state index in [2.05, 4.69) is 24.9 Å². The molecule has 0 unspecified atom stereocenters. The maximum absolute atomic E-state index is 6.06. The van der Waals surface area contributed by atoms with Crippen LogP contribution >= 0.6 is 11.6 Å². The third kappa shape index (κ3) is 1.44. The predicted molar refractivity (Wildman–Crippen MR) is 57.4 cm³/mol. The van der Waals surface area contributed by atoms with E-state index in [4.69, 9.17) is 11.6 Å². The highest BCUT2D eigenvalue weighted by atomic mass is 35.5. The molecule has 1 aromatic heterocycles. The van der Waals surface area contributed by atoms with Gasteiger partial charge in [0.15, 0.2) is 0 Å². The highest BCUT2D eigenvalue weighted by Gasteiger charge is 2.05. The summed E-state index contributed by atoms with van der Waals surface area (Å²) in [5.74, 6) is 0.517. The molecule has 0 fully saturated rings. The molecule has 1 heterocycles. The second kappa shape index (κ2) is 3.08. The molecule has 0 spiro atoms. The van der Waals surface area contributed by atoms with E-state index >= 15 is 0 Å². The number of benzene rings is 1. The zero-order valence-electron chi connectivity index (χ0n) is 7.76. The number of hydrogen-bond donors (Lipinski definition) is 1. The van der Waals surface area contributed by atoms with Crippen LogP contribution in [0.4, 0.5) is 0 Å². The molecule has 0 bridgehead atoms. The molecule has 1 nitrogen and oxygen atoms in total. The smallest absolute Gasteiger partial charge is 0.0499 e. The predicted octanol–water partition coefficient (Wildman–Crippen LogP) is 3.94. The molecule has 0 saturated heterocycles. The van der Waals surface area contributed by atoms with E-state index in [0.717, 1.165) is 15.9 Å². The fourth-order valence-electron chi connectivity index (χ4n) is 1.45. The van der Waals surface area contributed by atoms with E-state index in [1.165, 1.54) is 5.69 Å². The van der Waals surface area contributed by atoms with Crippen LogP contribution in [-0.4, -0.2) is 4.98 Å². The van der Waals surface area contributed by atoms with E-state index in [1.54, 1.807) is 0 Å². The molecule has 2 aromatic rings. The Balaban J connectivity index is 2.68. The van der Waals surface area contributed by atoms with E-state index in [0.29, 0.717) is 5.92 Å². The fourth-order valence-corrected chi connectivity index (χ4v) is 1.68. The Bertz CT molecular complexity index is 429. The van der Waals surface area contributed by atoms with E-state index in [1.807, 2.05) is 18.2 Å². The summed E-state index contributed by atoms with van der Waals surface area (Å²) in [5.41, 5.74) is 2.36. The SMILES string of the molecule is CC(C)c1cc2c(Cl)cccc2[nH]1. The molecule has 0 atom stereocenters. The van der Waals surface area contributed by atoms with Crippen molar-refractivity contribution >= 4 is 22.5 Å². The first kappa shape index (κ1) is 8.64. The van der Waals surface area contributed by atoms with Crippen molar-refractivity contribution in [3.8, 4) is 0 Å². The molecular formula is C11H12ClN. The Kier molecular flexibility index (Phi) is 2.04. The van der Waals surface area contributed by atoms with Crippen LogP contribution in [0.2, 0.25) is 5.02 Å². The van der Waals surface area contributed by atoms with Crippen molar-refractivity contribution in [1.29, 1.82) is 0 Å². The monoisotopic (exact) mass is 193 g/mol. The van der Waals surface area contributed by atoms with Crippen LogP contribution in [-0.2, 0) is 0 Å². The lowest BCUT2D eigenvalue weighted by Crippen LogP contribution is -1.84. The summed E-state index contributed by atoms with van der Waals surface area (Å²) < 4.78 is 0. The van der Waals surface area contributed by atoms with Gasteiger partial charge in [-0.05, 0) is 24.1 Å². The van der Waals surface area contributed by atoms with Gasteiger partial charge in [-0.2, -0.15) is 0 Å². The third-order valence-electron chi connectivity index (χ3n) is 2.25. The summed E-state index contributed by atoms with van der Waals surface area (Å²) in [6, 6.07) is 8.06. The van der Waals surface area contributed by atoms with Crippen molar-refractivity contribution in [2.45, 2.75) is 19.8 Å². The zero-order chi connectivity index (χ0) is 9.42. The first-order chi connectivity index (χ1) is 6.18. The molecule has 0 radical (unpaired) electrons. The largest absolute Gasteiger partial charge is 0.358 e. The van der Waals surface area contributed by atoms with Crippen LogP contribution in [0.25, 0.3) is 10.9 Å². The topological polar surface area (TPSA) is 15.8 Å². The Morgan fingerprint density at radius 1 is 1.31 bits per heavy atom. The summed E-state index contributed by atoms with van der Waals surface area (Å²) in [6.07, 6.45) is 0. The number of aromatic amines is 1. The van der Waals surface area contributed by atoms with Gasteiger partial charge in [0.25, 0.3) is 0 Å². The lowest BCUT2D eigenvalue weighted by atomic mass is 10.1. The van der Waals surface area contributed by atoms with Gasteiger partial charge in [0.05, 0.1) is 0 Å². The van der Waals surface area contributed by atoms with Gasteiger partial charge in [0, 0.05) is 21.6 Å². The van der Waals surface area contributed by atoms with Crippen molar-refractivity contribution in [3.63, 3.8) is 0 Å². The van der Waals surface area contributed by atoms with Gasteiger partial charge in [-0.1, -0.05) is 31.5 Å². The summed E-state index contributed by atoms with van der Waals surface area (Å²) in [5, 5.41) is 1.94. The Morgan fingerprint density at radius 2 is 2.08 bits per heavy atom. The molecular weight excluding hydrogens is 182 g/mol. The first-order valence-corrected chi connectivity index (χ1v) is 4.83. The summed E-state index contributed by atoms with van der Waals surface area (Å²) in [7, 11) is 0. The number of H-pyrrole nitrogens is 1. The van der Waals surface area contributed by atoms with Crippen LogP contribution in [0.15, 0.2) is 24.3 Å². The molecule has 1 N–H and O–H groups in total. The molecule has 1 aromatic carbocycles. The van der Waals surface area contributed by atoms with Crippen LogP contribution in [0, 0.1) is 0 Å². The summed E-state index contributed by atoms with van der Waals surface area (Å²) >= 11 is 6.06. The van der Waals surface area contributed by atoms with Crippen molar-refractivity contribution in [3.05, 3.63) is 35.0 Å². The first-order valence-electron chi connectivity index (χ1n) is 4.45. The van der Waals surface area contributed by atoms with Gasteiger partial charge in [-0.15, -0.1) is 0 Å². The van der Waals surface area contributed by atoms with E-state index in [9.17, 15) is 0 Å². The molecule has 13 heavy (non-hydrogen) atoms. The molecule has 2 rings (SSSR count). The molecule has 0 aliphatic heterocycles. The maximum atomic E-state index is 6.06. The standard InChI is InChI=1S/C11H12ClN/c1-7(2)11-6-8-9(12)4-3-5-10(8)13-11/h3-7,13H,1-2H3. The van der Waals surface area contributed by atoms with Gasteiger partial charge in [0.2, 0.25) is 0 Å². The number of nitrogens with one attached hydrogen (secondary N) is 1.